The van der Waals surface area contributed by atoms with Crippen molar-refractivity contribution in [2.24, 2.45) is 5.92 Å². The summed E-state index contributed by atoms with van der Waals surface area (Å²) in [5.41, 5.74) is 0.0713. The molecule has 1 aliphatic rings. The molecule has 0 amide bonds. The van der Waals surface area contributed by atoms with E-state index in [1.54, 1.807) is 0 Å². The lowest BCUT2D eigenvalue weighted by molar-refractivity contribution is -0.0894. The van der Waals surface area contributed by atoms with Crippen molar-refractivity contribution in [3.63, 3.8) is 0 Å². The maximum absolute atomic E-state index is 5.99. The Bertz CT molecular complexity index is 173. The van der Waals surface area contributed by atoms with Gasteiger partial charge in [-0.1, -0.05) is 13.8 Å². The largest absolute Gasteiger partial charge is 0.374 e. The van der Waals surface area contributed by atoms with Crippen LogP contribution in [-0.4, -0.2) is 25.3 Å². The van der Waals surface area contributed by atoms with E-state index in [4.69, 9.17) is 4.74 Å². The minimum absolute atomic E-state index is 0.0713. The van der Waals surface area contributed by atoms with E-state index < -0.39 is 0 Å². The van der Waals surface area contributed by atoms with Gasteiger partial charge in [-0.2, -0.15) is 0 Å². The van der Waals surface area contributed by atoms with Crippen LogP contribution in [0.5, 0.6) is 0 Å². The summed E-state index contributed by atoms with van der Waals surface area (Å²) in [4.78, 5) is 0. The third kappa shape index (κ3) is 3.76. The van der Waals surface area contributed by atoms with Gasteiger partial charge >= 0.3 is 0 Å². The van der Waals surface area contributed by atoms with Crippen molar-refractivity contribution in [1.82, 2.24) is 5.32 Å². The summed E-state index contributed by atoms with van der Waals surface area (Å²) in [6.45, 7) is 7.79. The van der Waals surface area contributed by atoms with Crippen LogP contribution in [0.15, 0.2) is 0 Å². The van der Waals surface area contributed by atoms with Crippen molar-refractivity contribution in [2.45, 2.75) is 64.5 Å². The summed E-state index contributed by atoms with van der Waals surface area (Å²) in [6.07, 6.45) is 6.26. The summed E-state index contributed by atoms with van der Waals surface area (Å²) in [6, 6.07) is 0.514. The van der Waals surface area contributed by atoms with E-state index in [1.807, 2.05) is 0 Å². The van der Waals surface area contributed by atoms with Gasteiger partial charge in [-0.15, -0.1) is 0 Å². The van der Waals surface area contributed by atoms with Gasteiger partial charge in [0.1, 0.15) is 0 Å². The molecule has 2 atom stereocenters. The molecular formula is C13H27NO. The van der Waals surface area contributed by atoms with Gasteiger partial charge in [-0.3, -0.25) is 0 Å². The predicted molar refractivity (Wildman–Crippen MR) is 65.1 cm³/mol. The van der Waals surface area contributed by atoms with Gasteiger partial charge in [0.05, 0.1) is 5.60 Å². The molecule has 0 spiro atoms. The highest BCUT2D eigenvalue weighted by Crippen LogP contribution is 2.30. The second-order valence-corrected chi connectivity index (χ2v) is 5.43. The van der Waals surface area contributed by atoms with Gasteiger partial charge in [0.15, 0.2) is 0 Å². The second kappa shape index (κ2) is 5.86. The Balaban J connectivity index is 2.47. The summed E-state index contributed by atoms with van der Waals surface area (Å²) in [7, 11) is 2.06. The topological polar surface area (TPSA) is 21.3 Å². The van der Waals surface area contributed by atoms with Gasteiger partial charge in [-0.25, -0.2) is 0 Å². The third-order valence-corrected chi connectivity index (χ3v) is 3.62. The van der Waals surface area contributed by atoms with Crippen LogP contribution in [0.3, 0.4) is 0 Å². The fourth-order valence-electron chi connectivity index (χ4n) is 2.49. The van der Waals surface area contributed by atoms with Crippen molar-refractivity contribution in [1.29, 1.82) is 0 Å². The summed E-state index contributed by atoms with van der Waals surface area (Å²) in [5.74, 6) is 0.785. The van der Waals surface area contributed by atoms with Gasteiger partial charge < -0.3 is 10.1 Å². The lowest BCUT2D eigenvalue weighted by Crippen LogP contribution is -2.51. The van der Waals surface area contributed by atoms with E-state index in [2.05, 4.69) is 33.1 Å². The third-order valence-electron chi connectivity index (χ3n) is 3.62. The lowest BCUT2D eigenvalue weighted by Gasteiger charge is -2.41. The van der Waals surface area contributed by atoms with Crippen molar-refractivity contribution in [3.8, 4) is 0 Å². The van der Waals surface area contributed by atoms with Crippen LogP contribution in [0.1, 0.15) is 52.9 Å². The monoisotopic (exact) mass is 213 g/mol. The smallest absolute Gasteiger partial charge is 0.0806 e. The predicted octanol–water partition coefficient (Wildman–Crippen LogP) is 2.97. The highest BCUT2D eigenvalue weighted by molar-refractivity contribution is 4.90. The standard InChI is InChI=1S/C13H27NO/c1-11(2)7-8-12(14-4)13(3)9-5-6-10-15-13/h11-12,14H,5-10H2,1-4H3. The van der Waals surface area contributed by atoms with E-state index in [1.165, 1.54) is 32.1 Å². The Kier molecular flexibility index (Phi) is 5.07. The summed E-state index contributed by atoms with van der Waals surface area (Å²) < 4.78 is 5.99. The molecule has 15 heavy (non-hydrogen) atoms. The molecular weight excluding hydrogens is 186 g/mol. The van der Waals surface area contributed by atoms with Crippen molar-refractivity contribution >= 4 is 0 Å². The fourth-order valence-corrected chi connectivity index (χ4v) is 2.49. The van der Waals surface area contributed by atoms with Crippen molar-refractivity contribution in [2.75, 3.05) is 13.7 Å². The van der Waals surface area contributed by atoms with Crippen LogP contribution >= 0.6 is 0 Å². The highest BCUT2D eigenvalue weighted by Gasteiger charge is 2.35. The van der Waals surface area contributed by atoms with Gasteiger partial charge in [-0.05, 0) is 52.0 Å². The van der Waals surface area contributed by atoms with Crippen LogP contribution in [0.4, 0.5) is 0 Å². The van der Waals surface area contributed by atoms with Crippen molar-refractivity contribution in [3.05, 3.63) is 0 Å². The Hall–Kier alpha value is -0.0800. The molecule has 2 unspecified atom stereocenters. The van der Waals surface area contributed by atoms with Crippen LogP contribution in [-0.2, 0) is 4.74 Å². The zero-order valence-electron chi connectivity index (χ0n) is 10.8. The van der Waals surface area contributed by atoms with Crippen LogP contribution in [0, 0.1) is 5.92 Å². The molecule has 1 aliphatic heterocycles. The molecule has 1 saturated heterocycles. The van der Waals surface area contributed by atoms with E-state index >= 15 is 0 Å². The first-order chi connectivity index (χ1) is 7.08. The van der Waals surface area contributed by atoms with E-state index in [-0.39, 0.29) is 5.60 Å². The first kappa shape index (κ1) is 13.0. The molecule has 0 radical (unpaired) electrons. The molecule has 0 aromatic rings. The second-order valence-electron chi connectivity index (χ2n) is 5.43. The zero-order valence-corrected chi connectivity index (χ0v) is 10.8. The molecule has 1 heterocycles. The number of hydrogen-bond donors (Lipinski definition) is 1. The lowest BCUT2D eigenvalue weighted by atomic mass is 9.84. The zero-order chi connectivity index (χ0) is 11.3. The number of hydrogen-bond acceptors (Lipinski definition) is 2. The first-order valence-electron chi connectivity index (χ1n) is 6.39. The van der Waals surface area contributed by atoms with E-state index in [0.29, 0.717) is 6.04 Å². The maximum atomic E-state index is 5.99. The molecule has 0 aromatic carbocycles. The molecule has 2 nitrogen and oxygen atoms in total. The quantitative estimate of drug-likeness (QED) is 0.758. The van der Waals surface area contributed by atoms with Crippen LogP contribution in [0.2, 0.25) is 0 Å². The summed E-state index contributed by atoms with van der Waals surface area (Å²) in [5, 5.41) is 3.44. The average Bonchev–Trinajstić information content (AvgIpc) is 2.19. The van der Waals surface area contributed by atoms with E-state index in [9.17, 15) is 0 Å². The maximum Gasteiger partial charge on any atom is 0.0806 e. The Labute approximate surface area is 94.8 Å². The number of rotatable bonds is 5. The Morgan fingerprint density at radius 1 is 1.27 bits per heavy atom. The van der Waals surface area contributed by atoms with Crippen molar-refractivity contribution < 1.29 is 4.74 Å². The average molecular weight is 213 g/mol. The molecule has 0 aromatic heterocycles. The number of nitrogens with one attached hydrogen (secondary N) is 1. The van der Waals surface area contributed by atoms with Gasteiger partial charge in [0.2, 0.25) is 0 Å². The number of likely N-dealkylation sites (N-methyl/N-ethyl adjacent to an activating group) is 1. The molecule has 90 valence electrons. The summed E-state index contributed by atoms with van der Waals surface area (Å²) >= 11 is 0. The molecule has 0 bridgehead atoms. The Morgan fingerprint density at radius 2 is 2.00 bits per heavy atom. The highest BCUT2D eigenvalue weighted by atomic mass is 16.5. The normalized spacial score (nSPS) is 29.4. The Morgan fingerprint density at radius 3 is 2.47 bits per heavy atom. The first-order valence-corrected chi connectivity index (χ1v) is 6.39. The van der Waals surface area contributed by atoms with Gasteiger partial charge in [0, 0.05) is 12.6 Å². The molecule has 1 fully saturated rings. The SMILES string of the molecule is CNC(CCC(C)C)C1(C)CCCCO1. The molecule has 2 heteroatoms. The fraction of sp³-hybridized carbons (Fsp3) is 1.00. The molecule has 1 rings (SSSR count). The van der Waals surface area contributed by atoms with E-state index in [0.717, 1.165) is 12.5 Å². The van der Waals surface area contributed by atoms with Crippen LogP contribution < -0.4 is 5.32 Å². The molecule has 0 aliphatic carbocycles. The van der Waals surface area contributed by atoms with Gasteiger partial charge in [0.25, 0.3) is 0 Å². The molecule has 0 saturated carbocycles. The van der Waals surface area contributed by atoms with Crippen LogP contribution in [0.25, 0.3) is 0 Å². The minimum atomic E-state index is 0.0713. The molecule has 1 N–H and O–H groups in total. The minimum Gasteiger partial charge on any atom is -0.374 e. The number of ether oxygens (including phenoxy) is 1.